The van der Waals surface area contributed by atoms with E-state index in [2.05, 4.69) is 5.32 Å². The van der Waals surface area contributed by atoms with Crippen molar-refractivity contribution < 1.29 is 9.90 Å². The molecular formula is C12H24N2O2. The van der Waals surface area contributed by atoms with Crippen LogP contribution in [-0.4, -0.2) is 28.7 Å². The van der Waals surface area contributed by atoms with Crippen molar-refractivity contribution >= 4 is 5.91 Å². The number of amides is 1. The molecule has 1 amide bonds. The van der Waals surface area contributed by atoms with Crippen LogP contribution in [0.15, 0.2) is 0 Å². The van der Waals surface area contributed by atoms with E-state index in [1.165, 1.54) is 0 Å². The number of nitrogens with two attached hydrogens (primary N) is 1. The maximum atomic E-state index is 11.6. The van der Waals surface area contributed by atoms with Crippen molar-refractivity contribution in [2.45, 2.75) is 64.6 Å². The van der Waals surface area contributed by atoms with Gasteiger partial charge in [-0.25, -0.2) is 0 Å². The van der Waals surface area contributed by atoms with Crippen molar-refractivity contribution in [1.29, 1.82) is 0 Å². The summed E-state index contributed by atoms with van der Waals surface area (Å²) in [5, 5.41) is 12.5. The van der Waals surface area contributed by atoms with Gasteiger partial charge in [0, 0.05) is 23.4 Å². The van der Waals surface area contributed by atoms with Gasteiger partial charge in [0.15, 0.2) is 0 Å². The Balaban J connectivity index is 2.31. The molecule has 0 aromatic rings. The molecule has 1 saturated carbocycles. The molecule has 0 aliphatic heterocycles. The molecule has 94 valence electrons. The zero-order valence-corrected chi connectivity index (χ0v) is 10.7. The molecule has 1 rings (SSSR count). The van der Waals surface area contributed by atoms with E-state index >= 15 is 0 Å². The highest BCUT2D eigenvalue weighted by Gasteiger charge is 2.47. The monoisotopic (exact) mass is 228 g/mol. The van der Waals surface area contributed by atoms with Gasteiger partial charge in [-0.3, -0.25) is 4.79 Å². The van der Waals surface area contributed by atoms with Gasteiger partial charge in [-0.2, -0.15) is 0 Å². The molecule has 1 aliphatic carbocycles. The topological polar surface area (TPSA) is 75.4 Å². The first kappa shape index (κ1) is 13.5. The highest BCUT2D eigenvalue weighted by Crippen LogP contribution is 2.40. The molecule has 16 heavy (non-hydrogen) atoms. The van der Waals surface area contributed by atoms with E-state index in [9.17, 15) is 9.90 Å². The fraction of sp³-hybridized carbons (Fsp3) is 0.917. The second-order valence-electron chi connectivity index (χ2n) is 6.18. The van der Waals surface area contributed by atoms with Crippen LogP contribution in [0, 0.1) is 5.41 Å². The molecule has 4 heteroatoms. The van der Waals surface area contributed by atoms with Gasteiger partial charge in [-0.05, 0) is 26.7 Å². The van der Waals surface area contributed by atoms with Gasteiger partial charge >= 0.3 is 0 Å². The maximum absolute atomic E-state index is 11.6. The van der Waals surface area contributed by atoms with Gasteiger partial charge in [-0.15, -0.1) is 0 Å². The normalized spacial score (nSPS) is 28.4. The summed E-state index contributed by atoms with van der Waals surface area (Å²) in [7, 11) is 0. The molecule has 0 aromatic carbocycles. The number of aliphatic hydroxyl groups excluding tert-OH is 1. The molecule has 0 saturated heterocycles. The molecule has 0 radical (unpaired) electrons. The van der Waals surface area contributed by atoms with Crippen LogP contribution in [0.2, 0.25) is 0 Å². The van der Waals surface area contributed by atoms with E-state index in [0.717, 1.165) is 0 Å². The first-order chi connectivity index (χ1) is 7.13. The minimum atomic E-state index is -0.302. The first-order valence-electron chi connectivity index (χ1n) is 5.89. The summed E-state index contributed by atoms with van der Waals surface area (Å²) in [5.41, 5.74) is 5.32. The Labute approximate surface area is 97.6 Å². The Hall–Kier alpha value is -0.610. The number of carbonyl (C=O) groups excluding carboxylic acids is 1. The average molecular weight is 228 g/mol. The summed E-state index contributed by atoms with van der Waals surface area (Å²) in [4.78, 5) is 11.6. The third-order valence-electron chi connectivity index (χ3n) is 3.55. The van der Waals surface area contributed by atoms with Gasteiger partial charge in [0.25, 0.3) is 0 Å². The van der Waals surface area contributed by atoms with Crippen LogP contribution >= 0.6 is 0 Å². The van der Waals surface area contributed by atoms with E-state index in [-0.39, 0.29) is 29.0 Å². The van der Waals surface area contributed by atoms with Crippen molar-refractivity contribution in [1.82, 2.24) is 5.32 Å². The number of hydrogen-bond acceptors (Lipinski definition) is 3. The maximum Gasteiger partial charge on any atom is 0.220 e. The molecule has 2 unspecified atom stereocenters. The third kappa shape index (κ3) is 3.19. The zero-order valence-electron chi connectivity index (χ0n) is 10.7. The van der Waals surface area contributed by atoms with Crippen LogP contribution < -0.4 is 11.1 Å². The molecule has 0 heterocycles. The third-order valence-corrected chi connectivity index (χ3v) is 3.55. The molecule has 4 nitrogen and oxygen atoms in total. The van der Waals surface area contributed by atoms with Gasteiger partial charge < -0.3 is 16.2 Å². The van der Waals surface area contributed by atoms with Gasteiger partial charge in [-0.1, -0.05) is 13.8 Å². The molecule has 1 fully saturated rings. The van der Waals surface area contributed by atoms with Crippen molar-refractivity contribution in [3.63, 3.8) is 0 Å². The van der Waals surface area contributed by atoms with Crippen LogP contribution in [0.1, 0.15) is 47.0 Å². The molecular weight excluding hydrogens is 204 g/mol. The summed E-state index contributed by atoms with van der Waals surface area (Å²) < 4.78 is 0. The average Bonchev–Trinajstić information content (AvgIpc) is 2.13. The lowest BCUT2D eigenvalue weighted by Gasteiger charge is -2.49. The van der Waals surface area contributed by atoms with E-state index in [1.54, 1.807) is 0 Å². The molecule has 4 N–H and O–H groups in total. The van der Waals surface area contributed by atoms with Crippen LogP contribution in [0.3, 0.4) is 0 Å². The highest BCUT2D eigenvalue weighted by atomic mass is 16.3. The highest BCUT2D eigenvalue weighted by molar-refractivity contribution is 5.76. The first-order valence-corrected chi connectivity index (χ1v) is 5.89. The number of aliphatic hydroxyl groups is 1. The lowest BCUT2D eigenvalue weighted by atomic mass is 9.64. The zero-order chi connectivity index (χ0) is 12.6. The summed E-state index contributed by atoms with van der Waals surface area (Å²) >= 11 is 0. The Morgan fingerprint density at radius 2 is 2.12 bits per heavy atom. The van der Waals surface area contributed by atoms with Crippen LogP contribution in [-0.2, 0) is 4.79 Å². The second kappa shape index (κ2) is 4.34. The van der Waals surface area contributed by atoms with Crippen molar-refractivity contribution in [2.24, 2.45) is 11.1 Å². The quantitative estimate of drug-likeness (QED) is 0.665. The van der Waals surface area contributed by atoms with Gasteiger partial charge in [0.2, 0.25) is 5.91 Å². The van der Waals surface area contributed by atoms with Crippen molar-refractivity contribution in [3.8, 4) is 0 Å². The summed E-state index contributed by atoms with van der Waals surface area (Å²) in [5.74, 6) is 0.0310. The van der Waals surface area contributed by atoms with E-state index < -0.39 is 0 Å². The predicted molar refractivity (Wildman–Crippen MR) is 63.8 cm³/mol. The summed E-state index contributed by atoms with van der Waals surface area (Å²) in [6.45, 7) is 7.77. The lowest BCUT2D eigenvalue weighted by Crippen LogP contribution is -2.61. The standard InChI is InChI=1S/C12H24N2O2/c1-11(2,13)6-5-10(16)14-8-7-9(15)12(8,3)4/h8-9,15H,5-7,13H2,1-4H3,(H,14,16). The molecule has 2 atom stereocenters. The second-order valence-corrected chi connectivity index (χ2v) is 6.18. The van der Waals surface area contributed by atoms with Gasteiger partial charge in [0.1, 0.15) is 0 Å². The van der Waals surface area contributed by atoms with Crippen molar-refractivity contribution in [3.05, 3.63) is 0 Å². The largest absolute Gasteiger partial charge is 0.392 e. The summed E-state index contributed by atoms with van der Waals surface area (Å²) in [6, 6.07) is 0.0934. The number of rotatable bonds is 4. The van der Waals surface area contributed by atoms with E-state index in [0.29, 0.717) is 19.3 Å². The van der Waals surface area contributed by atoms with Crippen LogP contribution in [0.4, 0.5) is 0 Å². The minimum absolute atomic E-state index is 0.0310. The van der Waals surface area contributed by atoms with Crippen LogP contribution in [0.25, 0.3) is 0 Å². The molecule has 1 aliphatic rings. The minimum Gasteiger partial charge on any atom is -0.392 e. The van der Waals surface area contributed by atoms with E-state index in [1.807, 2.05) is 27.7 Å². The smallest absolute Gasteiger partial charge is 0.220 e. The number of nitrogens with one attached hydrogen (secondary N) is 1. The van der Waals surface area contributed by atoms with Crippen molar-refractivity contribution in [2.75, 3.05) is 0 Å². The number of hydrogen-bond donors (Lipinski definition) is 3. The summed E-state index contributed by atoms with van der Waals surface area (Å²) in [6.07, 6.45) is 1.48. The van der Waals surface area contributed by atoms with E-state index in [4.69, 9.17) is 5.73 Å². The van der Waals surface area contributed by atoms with Crippen LogP contribution in [0.5, 0.6) is 0 Å². The number of carbonyl (C=O) groups is 1. The molecule has 0 bridgehead atoms. The Morgan fingerprint density at radius 1 is 1.56 bits per heavy atom. The SMILES string of the molecule is CC(C)(N)CCC(=O)NC1CC(O)C1(C)C. The lowest BCUT2D eigenvalue weighted by molar-refractivity contribution is -0.129. The predicted octanol–water partition coefficient (Wildman–Crippen LogP) is 0.779. The Kier molecular flexibility index (Phi) is 3.65. The van der Waals surface area contributed by atoms with Gasteiger partial charge in [0.05, 0.1) is 6.10 Å². The fourth-order valence-corrected chi connectivity index (χ4v) is 1.85. The fourth-order valence-electron chi connectivity index (χ4n) is 1.85. The Morgan fingerprint density at radius 3 is 2.50 bits per heavy atom. The Bertz CT molecular complexity index is 269. The molecule has 0 aromatic heterocycles. The molecule has 0 spiro atoms.